The third-order valence-electron chi connectivity index (χ3n) is 7.36. The summed E-state index contributed by atoms with van der Waals surface area (Å²) in [4.78, 5) is 0. The zero-order chi connectivity index (χ0) is 19.3. The number of hydrogen-bond donors (Lipinski definition) is 0. The lowest BCUT2D eigenvalue weighted by Gasteiger charge is -2.43. The standard InChI is InChI=1S/C25H52/c1-9-14-17-24(21(6)12-4)25(8,19-15-10-2)20-18-23(13-5)22(7)16-11-3/h21-24H,9-20H2,1-8H3. The first kappa shape index (κ1) is 25.0. The van der Waals surface area contributed by atoms with Crippen molar-refractivity contribution in [3.63, 3.8) is 0 Å². The van der Waals surface area contributed by atoms with Crippen LogP contribution in [0.1, 0.15) is 132 Å². The second-order valence-corrected chi connectivity index (χ2v) is 9.36. The molecule has 0 saturated carbocycles. The van der Waals surface area contributed by atoms with Gasteiger partial charge in [-0.25, -0.2) is 0 Å². The lowest BCUT2D eigenvalue weighted by atomic mass is 9.62. The molecule has 0 N–H and O–H groups in total. The van der Waals surface area contributed by atoms with E-state index in [0.29, 0.717) is 5.41 Å². The molecule has 152 valence electrons. The molecule has 0 radical (unpaired) electrons. The van der Waals surface area contributed by atoms with E-state index in [-0.39, 0.29) is 0 Å². The molecule has 5 unspecified atom stereocenters. The maximum absolute atomic E-state index is 2.66. The van der Waals surface area contributed by atoms with Gasteiger partial charge in [-0.1, -0.05) is 107 Å². The van der Waals surface area contributed by atoms with E-state index in [1.807, 2.05) is 0 Å². The molecule has 0 rings (SSSR count). The van der Waals surface area contributed by atoms with Gasteiger partial charge in [-0.2, -0.15) is 0 Å². The minimum atomic E-state index is 0.556. The van der Waals surface area contributed by atoms with E-state index in [1.165, 1.54) is 77.0 Å². The molecule has 0 aliphatic carbocycles. The smallest absolute Gasteiger partial charge is 0.0295 e. The van der Waals surface area contributed by atoms with Crippen molar-refractivity contribution in [1.82, 2.24) is 0 Å². The molecule has 0 aliphatic heterocycles. The number of hydrogen-bond acceptors (Lipinski definition) is 0. The summed E-state index contributed by atoms with van der Waals surface area (Å²) in [5.41, 5.74) is 0.556. The molecule has 0 aromatic rings. The third-order valence-corrected chi connectivity index (χ3v) is 7.36. The van der Waals surface area contributed by atoms with Crippen LogP contribution < -0.4 is 0 Å². The van der Waals surface area contributed by atoms with E-state index in [2.05, 4.69) is 55.4 Å². The van der Waals surface area contributed by atoms with Gasteiger partial charge in [0.25, 0.3) is 0 Å². The maximum atomic E-state index is 2.66. The second-order valence-electron chi connectivity index (χ2n) is 9.36. The Bertz CT molecular complexity index is 294. The van der Waals surface area contributed by atoms with Crippen molar-refractivity contribution in [3.05, 3.63) is 0 Å². The Kier molecular flexibility index (Phi) is 14.1. The minimum absolute atomic E-state index is 0.556. The van der Waals surface area contributed by atoms with Crippen LogP contribution in [0.25, 0.3) is 0 Å². The van der Waals surface area contributed by atoms with Gasteiger partial charge in [0.2, 0.25) is 0 Å². The SMILES string of the molecule is CCCCC(C(C)CC)C(C)(CCCC)CCC(CC)C(C)CCC. The first-order valence-electron chi connectivity index (χ1n) is 11.9. The molecule has 0 aromatic heterocycles. The van der Waals surface area contributed by atoms with Gasteiger partial charge >= 0.3 is 0 Å². The van der Waals surface area contributed by atoms with Crippen LogP contribution in [0.5, 0.6) is 0 Å². The Balaban J connectivity index is 5.17. The topological polar surface area (TPSA) is 0 Å². The molecule has 5 atom stereocenters. The highest BCUT2D eigenvalue weighted by Crippen LogP contribution is 2.46. The Hall–Kier alpha value is 0. The highest BCUT2D eigenvalue weighted by atomic mass is 14.4. The summed E-state index contributed by atoms with van der Waals surface area (Å²) in [6.07, 6.45) is 16.8. The van der Waals surface area contributed by atoms with Crippen molar-refractivity contribution in [3.8, 4) is 0 Å². The predicted octanol–water partition coefficient (Wildman–Crippen LogP) is 9.28. The Morgan fingerprint density at radius 2 is 1.28 bits per heavy atom. The summed E-state index contributed by atoms with van der Waals surface area (Å²) in [7, 11) is 0. The molecular formula is C25H52. The molecule has 0 heterocycles. The van der Waals surface area contributed by atoms with Crippen LogP contribution in [0.2, 0.25) is 0 Å². The van der Waals surface area contributed by atoms with Gasteiger partial charge in [-0.3, -0.25) is 0 Å². The van der Waals surface area contributed by atoms with Gasteiger partial charge in [0.15, 0.2) is 0 Å². The van der Waals surface area contributed by atoms with E-state index in [0.717, 1.165) is 23.7 Å². The van der Waals surface area contributed by atoms with Crippen LogP contribution in [0.15, 0.2) is 0 Å². The van der Waals surface area contributed by atoms with E-state index in [1.54, 1.807) is 0 Å². The Morgan fingerprint density at radius 1 is 0.640 bits per heavy atom. The van der Waals surface area contributed by atoms with Crippen molar-refractivity contribution < 1.29 is 0 Å². The van der Waals surface area contributed by atoms with Crippen LogP contribution >= 0.6 is 0 Å². The highest BCUT2D eigenvalue weighted by Gasteiger charge is 2.36. The number of unbranched alkanes of at least 4 members (excludes halogenated alkanes) is 2. The molecule has 0 nitrogen and oxygen atoms in total. The summed E-state index contributed by atoms with van der Waals surface area (Å²) < 4.78 is 0. The van der Waals surface area contributed by atoms with Gasteiger partial charge in [-0.05, 0) is 54.8 Å². The summed E-state index contributed by atoms with van der Waals surface area (Å²) in [5, 5.41) is 0. The molecule has 0 amide bonds. The molecular weight excluding hydrogens is 300 g/mol. The lowest BCUT2D eigenvalue weighted by Crippen LogP contribution is -2.33. The highest BCUT2D eigenvalue weighted by molar-refractivity contribution is 4.86. The average Bonchev–Trinajstić information content (AvgIpc) is 2.60. The largest absolute Gasteiger partial charge is 0.0654 e. The molecule has 0 bridgehead atoms. The second kappa shape index (κ2) is 14.1. The van der Waals surface area contributed by atoms with Gasteiger partial charge < -0.3 is 0 Å². The zero-order valence-corrected chi connectivity index (χ0v) is 19.3. The monoisotopic (exact) mass is 352 g/mol. The first-order valence-corrected chi connectivity index (χ1v) is 11.9. The summed E-state index contributed by atoms with van der Waals surface area (Å²) in [5.74, 6) is 3.64. The molecule has 0 aliphatic rings. The van der Waals surface area contributed by atoms with Gasteiger partial charge in [0, 0.05) is 0 Å². The van der Waals surface area contributed by atoms with Crippen LogP contribution in [0.4, 0.5) is 0 Å². The summed E-state index contributed by atoms with van der Waals surface area (Å²) in [6, 6.07) is 0. The quantitative estimate of drug-likeness (QED) is 0.259. The summed E-state index contributed by atoms with van der Waals surface area (Å²) in [6.45, 7) is 19.6. The molecule has 0 spiro atoms. The molecule has 0 heteroatoms. The maximum Gasteiger partial charge on any atom is -0.0295 e. The van der Waals surface area contributed by atoms with Crippen LogP contribution in [-0.2, 0) is 0 Å². The molecule has 25 heavy (non-hydrogen) atoms. The fraction of sp³-hybridized carbons (Fsp3) is 1.00. The van der Waals surface area contributed by atoms with Crippen molar-refractivity contribution >= 4 is 0 Å². The fourth-order valence-electron chi connectivity index (χ4n) is 5.20. The van der Waals surface area contributed by atoms with Crippen molar-refractivity contribution in [2.24, 2.45) is 29.1 Å². The normalized spacial score (nSPS) is 19.2. The van der Waals surface area contributed by atoms with Crippen molar-refractivity contribution in [2.45, 2.75) is 132 Å². The first-order chi connectivity index (χ1) is 11.9. The fourth-order valence-corrected chi connectivity index (χ4v) is 5.20. The van der Waals surface area contributed by atoms with Crippen LogP contribution in [-0.4, -0.2) is 0 Å². The number of rotatable bonds is 16. The van der Waals surface area contributed by atoms with Gasteiger partial charge in [0.1, 0.15) is 0 Å². The Labute approximate surface area is 161 Å². The van der Waals surface area contributed by atoms with Crippen molar-refractivity contribution in [2.75, 3.05) is 0 Å². The molecule has 0 saturated heterocycles. The zero-order valence-electron chi connectivity index (χ0n) is 19.3. The van der Waals surface area contributed by atoms with Gasteiger partial charge in [0.05, 0.1) is 0 Å². The van der Waals surface area contributed by atoms with E-state index in [9.17, 15) is 0 Å². The Morgan fingerprint density at radius 3 is 1.76 bits per heavy atom. The van der Waals surface area contributed by atoms with Crippen LogP contribution in [0, 0.1) is 29.1 Å². The lowest BCUT2D eigenvalue weighted by molar-refractivity contribution is 0.0739. The van der Waals surface area contributed by atoms with Crippen LogP contribution in [0.3, 0.4) is 0 Å². The van der Waals surface area contributed by atoms with E-state index in [4.69, 9.17) is 0 Å². The van der Waals surface area contributed by atoms with E-state index < -0.39 is 0 Å². The molecule has 0 fully saturated rings. The molecule has 0 aromatic carbocycles. The van der Waals surface area contributed by atoms with E-state index >= 15 is 0 Å². The summed E-state index contributed by atoms with van der Waals surface area (Å²) >= 11 is 0. The van der Waals surface area contributed by atoms with Crippen molar-refractivity contribution in [1.29, 1.82) is 0 Å². The van der Waals surface area contributed by atoms with Gasteiger partial charge in [-0.15, -0.1) is 0 Å². The minimum Gasteiger partial charge on any atom is -0.0654 e. The predicted molar refractivity (Wildman–Crippen MR) is 117 cm³/mol. The average molecular weight is 353 g/mol. The third kappa shape index (κ3) is 8.96.